The third kappa shape index (κ3) is 5.49. The summed E-state index contributed by atoms with van der Waals surface area (Å²) in [6.07, 6.45) is -5.02. The van der Waals surface area contributed by atoms with Crippen molar-refractivity contribution in [3.63, 3.8) is 0 Å². The molecule has 172 valence electrons. The lowest BCUT2D eigenvalue weighted by atomic mass is 10.1. The van der Waals surface area contributed by atoms with Crippen molar-refractivity contribution >= 4 is 27.5 Å². The van der Waals surface area contributed by atoms with Gasteiger partial charge in [0, 0.05) is 17.7 Å². The van der Waals surface area contributed by atoms with E-state index in [9.17, 15) is 31.2 Å². The van der Waals surface area contributed by atoms with E-state index in [1.165, 1.54) is 6.92 Å². The number of para-hydroxylation sites is 1. The molecule has 0 unspecified atom stereocenters. The highest BCUT2D eigenvalue weighted by molar-refractivity contribution is 7.91. The number of sulfone groups is 1. The minimum atomic E-state index is -4.64. The second-order valence-electron chi connectivity index (χ2n) is 6.94. The standard InChI is InChI=1S/C20H20F3N3O5S/c1-2-32(29,30)10-9-18(27)24-25-19(28)26-12-13-5-3-4-6-16(13)31-17-8-7-14(11-15(17)26)20(21,22)23/h3-8,11H,2,9-10,12H2,1H3,(H,24,27)(H,25,28). The number of carbonyl (C=O) groups is 2. The molecule has 3 amide bonds. The number of ether oxygens (including phenoxy) is 1. The zero-order valence-electron chi connectivity index (χ0n) is 16.9. The lowest BCUT2D eigenvalue weighted by Gasteiger charge is -2.23. The van der Waals surface area contributed by atoms with Gasteiger partial charge in [0.2, 0.25) is 5.91 Å². The highest BCUT2D eigenvalue weighted by Crippen LogP contribution is 2.42. The van der Waals surface area contributed by atoms with Gasteiger partial charge in [0.1, 0.15) is 5.75 Å². The smallest absolute Gasteiger partial charge is 0.416 e. The van der Waals surface area contributed by atoms with Crippen LogP contribution in [-0.4, -0.2) is 31.9 Å². The molecule has 0 radical (unpaired) electrons. The van der Waals surface area contributed by atoms with Gasteiger partial charge in [0.25, 0.3) is 0 Å². The number of nitrogens with one attached hydrogen (secondary N) is 2. The molecule has 2 aromatic rings. The maximum Gasteiger partial charge on any atom is 0.416 e. The molecule has 2 N–H and O–H groups in total. The maximum atomic E-state index is 13.2. The van der Waals surface area contributed by atoms with E-state index in [-0.39, 0.29) is 30.2 Å². The number of carbonyl (C=O) groups excluding carboxylic acids is 2. The van der Waals surface area contributed by atoms with Crippen molar-refractivity contribution < 1.29 is 35.9 Å². The molecule has 0 spiro atoms. The summed E-state index contributed by atoms with van der Waals surface area (Å²) in [6, 6.07) is 8.48. The summed E-state index contributed by atoms with van der Waals surface area (Å²) < 4.78 is 68.5. The van der Waals surface area contributed by atoms with E-state index in [1.54, 1.807) is 24.3 Å². The molecule has 0 aromatic heterocycles. The summed E-state index contributed by atoms with van der Waals surface area (Å²) in [7, 11) is -3.38. The first-order valence-electron chi connectivity index (χ1n) is 9.54. The molecule has 1 heterocycles. The second kappa shape index (κ2) is 9.07. The van der Waals surface area contributed by atoms with Crippen LogP contribution in [0.15, 0.2) is 42.5 Å². The number of amides is 3. The third-order valence-electron chi connectivity index (χ3n) is 4.73. The normalized spacial score (nSPS) is 13.3. The van der Waals surface area contributed by atoms with Crippen LogP contribution in [0.25, 0.3) is 0 Å². The number of alkyl halides is 3. The molecule has 32 heavy (non-hydrogen) atoms. The Kier molecular flexibility index (Phi) is 6.63. The Morgan fingerprint density at radius 1 is 1.09 bits per heavy atom. The van der Waals surface area contributed by atoms with Crippen molar-refractivity contribution in [3.8, 4) is 11.5 Å². The maximum absolute atomic E-state index is 13.2. The van der Waals surface area contributed by atoms with Crippen molar-refractivity contribution in [1.29, 1.82) is 0 Å². The van der Waals surface area contributed by atoms with Crippen LogP contribution in [0.2, 0.25) is 0 Å². The average molecular weight is 471 g/mol. The van der Waals surface area contributed by atoms with Gasteiger partial charge in [-0.05, 0) is 24.3 Å². The number of fused-ring (bicyclic) bond motifs is 2. The largest absolute Gasteiger partial charge is 0.455 e. The minimum absolute atomic E-state index is 0.0264. The van der Waals surface area contributed by atoms with Gasteiger partial charge in [-0.25, -0.2) is 18.6 Å². The van der Waals surface area contributed by atoms with Gasteiger partial charge in [0.05, 0.1) is 23.5 Å². The zero-order valence-corrected chi connectivity index (χ0v) is 17.7. The van der Waals surface area contributed by atoms with Crippen LogP contribution in [-0.2, 0) is 27.4 Å². The van der Waals surface area contributed by atoms with Crippen LogP contribution in [0.1, 0.15) is 24.5 Å². The summed E-state index contributed by atoms with van der Waals surface area (Å²) in [5.41, 5.74) is 3.63. The minimum Gasteiger partial charge on any atom is -0.455 e. The van der Waals surface area contributed by atoms with E-state index in [0.717, 1.165) is 23.1 Å². The fourth-order valence-electron chi connectivity index (χ4n) is 2.93. The Morgan fingerprint density at radius 3 is 2.50 bits per heavy atom. The Bertz CT molecular complexity index is 1140. The van der Waals surface area contributed by atoms with E-state index < -0.39 is 39.3 Å². The van der Waals surface area contributed by atoms with Crippen molar-refractivity contribution in [2.75, 3.05) is 16.4 Å². The van der Waals surface area contributed by atoms with E-state index in [4.69, 9.17) is 4.74 Å². The van der Waals surface area contributed by atoms with E-state index in [2.05, 4.69) is 10.9 Å². The molecule has 0 saturated heterocycles. The molecule has 2 aromatic carbocycles. The number of hydrazine groups is 1. The number of nitrogens with zero attached hydrogens (tertiary/aromatic N) is 1. The molecule has 0 atom stereocenters. The predicted octanol–water partition coefficient (Wildman–Crippen LogP) is 3.38. The highest BCUT2D eigenvalue weighted by atomic mass is 32.2. The second-order valence-corrected chi connectivity index (χ2v) is 9.41. The molecule has 3 rings (SSSR count). The topological polar surface area (TPSA) is 105 Å². The van der Waals surface area contributed by atoms with Crippen LogP contribution in [0.3, 0.4) is 0 Å². The van der Waals surface area contributed by atoms with Crippen molar-refractivity contribution in [2.24, 2.45) is 0 Å². The van der Waals surface area contributed by atoms with Gasteiger partial charge in [-0.15, -0.1) is 0 Å². The van der Waals surface area contributed by atoms with Crippen LogP contribution in [0.4, 0.5) is 23.7 Å². The predicted molar refractivity (Wildman–Crippen MR) is 110 cm³/mol. The molecule has 0 fully saturated rings. The lowest BCUT2D eigenvalue weighted by molar-refractivity contribution is -0.137. The zero-order chi connectivity index (χ0) is 23.5. The van der Waals surface area contributed by atoms with Crippen molar-refractivity contribution in [1.82, 2.24) is 10.9 Å². The molecule has 12 heteroatoms. The Hall–Kier alpha value is -3.28. The molecule has 8 nitrogen and oxygen atoms in total. The summed E-state index contributed by atoms with van der Waals surface area (Å²) in [5, 5.41) is 0. The molecule has 1 aliphatic rings. The Morgan fingerprint density at radius 2 is 1.81 bits per heavy atom. The van der Waals surface area contributed by atoms with Gasteiger partial charge < -0.3 is 4.74 Å². The van der Waals surface area contributed by atoms with Gasteiger partial charge in [-0.2, -0.15) is 13.2 Å². The van der Waals surface area contributed by atoms with Gasteiger partial charge in [0.15, 0.2) is 15.6 Å². The molecular weight excluding hydrogens is 451 g/mol. The molecule has 1 aliphatic heterocycles. The highest BCUT2D eigenvalue weighted by Gasteiger charge is 2.34. The van der Waals surface area contributed by atoms with Gasteiger partial charge >= 0.3 is 12.2 Å². The lowest BCUT2D eigenvalue weighted by Crippen LogP contribution is -2.49. The number of benzene rings is 2. The fourth-order valence-corrected chi connectivity index (χ4v) is 3.71. The monoisotopic (exact) mass is 471 g/mol. The van der Waals surface area contributed by atoms with Gasteiger partial charge in [-0.3, -0.25) is 15.1 Å². The Balaban J connectivity index is 1.84. The molecule has 0 saturated carbocycles. The van der Waals surface area contributed by atoms with Crippen molar-refractivity contribution in [3.05, 3.63) is 53.6 Å². The number of halogens is 3. The first-order chi connectivity index (χ1) is 15.0. The SMILES string of the molecule is CCS(=O)(=O)CCC(=O)NNC(=O)N1Cc2ccccc2Oc2ccc(C(F)(F)F)cc21. The summed E-state index contributed by atoms with van der Waals surface area (Å²) in [6.45, 7) is 1.32. The Labute approximate surface area is 182 Å². The summed E-state index contributed by atoms with van der Waals surface area (Å²) in [4.78, 5) is 25.7. The number of hydrogen-bond acceptors (Lipinski definition) is 5. The van der Waals surface area contributed by atoms with Gasteiger partial charge in [-0.1, -0.05) is 25.1 Å². The number of urea groups is 1. The molecule has 0 aliphatic carbocycles. The van der Waals surface area contributed by atoms with Crippen LogP contribution >= 0.6 is 0 Å². The fraction of sp³-hybridized carbons (Fsp3) is 0.300. The van der Waals surface area contributed by atoms with Crippen LogP contribution in [0, 0.1) is 0 Å². The average Bonchev–Trinajstić information content (AvgIpc) is 2.91. The first-order valence-corrected chi connectivity index (χ1v) is 11.4. The first kappa shape index (κ1) is 23.4. The van der Waals surface area contributed by atoms with E-state index in [1.807, 2.05) is 0 Å². The quantitative estimate of drug-likeness (QED) is 0.666. The van der Waals surface area contributed by atoms with Crippen molar-refractivity contribution in [2.45, 2.75) is 26.1 Å². The molecular formula is C20H20F3N3O5S. The van der Waals surface area contributed by atoms with Crippen LogP contribution in [0.5, 0.6) is 11.5 Å². The summed E-state index contributed by atoms with van der Waals surface area (Å²) in [5.74, 6) is -0.881. The van der Waals surface area contributed by atoms with E-state index >= 15 is 0 Å². The molecule has 0 bridgehead atoms. The number of rotatable bonds is 4. The van der Waals surface area contributed by atoms with E-state index in [0.29, 0.717) is 11.3 Å². The third-order valence-corrected chi connectivity index (χ3v) is 6.44. The number of anilines is 1. The summed E-state index contributed by atoms with van der Waals surface area (Å²) >= 11 is 0. The van der Waals surface area contributed by atoms with Crippen LogP contribution < -0.4 is 20.5 Å². The number of hydrogen-bond donors (Lipinski definition) is 2.